The Bertz CT molecular complexity index is 458. The second-order valence-corrected chi connectivity index (χ2v) is 5.80. The number of hydrogen-bond donors (Lipinski definition) is 2. The summed E-state index contributed by atoms with van der Waals surface area (Å²) in [6.07, 6.45) is 3.03. The van der Waals surface area contributed by atoms with Gasteiger partial charge in [-0.1, -0.05) is 26.0 Å². The Morgan fingerprint density at radius 2 is 2.10 bits per heavy atom. The lowest BCUT2D eigenvalue weighted by atomic mass is 9.96. The lowest BCUT2D eigenvalue weighted by Crippen LogP contribution is -2.41. The molecule has 1 heterocycles. The molecule has 0 aromatic heterocycles. The maximum atomic E-state index is 11.4. The number of rotatable bonds is 6. The van der Waals surface area contributed by atoms with Crippen molar-refractivity contribution >= 4 is 11.6 Å². The highest BCUT2D eigenvalue weighted by Gasteiger charge is 2.24. The quantitative estimate of drug-likeness (QED) is 0.845. The third-order valence-corrected chi connectivity index (χ3v) is 4.34. The van der Waals surface area contributed by atoms with Crippen LogP contribution in [0, 0.1) is 5.92 Å². The van der Waals surface area contributed by atoms with E-state index in [1.807, 2.05) is 0 Å². The van der Waals surface area contributed by atoms with E-state index in [1.54, 1.807) is 0 Å². The van der Waals surface area contributed by atoms with E-state index in [4.69, 9.17) is 5.73 Å². The topological polar surface area (TPSA) is 58.4 Å². The molecule has 1 saturated heterocycles. The van der Waals surface area contributed by atoms with Gasteiger partial charge in [0.15, 0.2) is 0 Å². The minimum atomic E-state index is -0.172. The van der Waals surface area contributed by atoms with Crippen molar-refractivity contribution in [3.63, 3.8) is 0 Å². The second kappa shape index (κ2) is 7.46. The van der Waals surface area contributed by atoms with Gasteiger partial charge in [0, 0.05) is 24.8 Å². The molecule has 2 unspecified atom stereocenters. The van der Waals surface area contributed by atoms with E-state index in [2.05, 4.69) is 48.3 Å². The van der Waals surface area contributed by atoms with Gasteiger partial charge < -0.3 is 16.0 Å². The molecule has 0 spiro atoms. The smallest absolute Gasteiger partial charge is 0.222 e. The lowest BCUT2D eigenvalue weighted by molar-refractivity contribution is -0.122. The number of anilines is 1. The highest BCUT2D eigenvalue weighted by atomic mass is 16.1. The number of hydrogen-bond acceptors (Lipinski definition) is 3. The molecule has 0 saturated carbocycles. The predicted octanol–water partition coefficient (Wildman–Crippen LogP) is 2.45. The highest BCUT2D eigenvalue weighted by molar-refractivity contribution is 5.77. The van der Waals surface area contributed by atoms with E-state index >= 15 is 0 Å². The number of amides is 1. The first-order chi connectivity index (χ1) is 10.2. The Balaban J connectivity index is 2.06. The summed E-state index contributed by atoms with van der Waals surface area (Å²) in [4.78, 5) is 13.6. The van der Waals surface area contributed by atoms with Gasteiger partial charge in [-0.3, -0.25) is 4.79 Å². The van der Waals surface area contributed by atoms with Gasteiger partial charge in [-0.15, -0.1) is 0 Å². The summed E-state index contributed by atoms with van der Waals surface area (Å²) in [5.41, 5.74) is 7.97. The van der Waals surface area contributed by atoms with Crippen LogP contribution < -0.4 is 16.0 Å². The monoisotopic (exact) mass is 289 g/mol. The number of piperidine rings is 1. The third-order valence-electron chi connectivity index (χ3n) is 4.34. The van der Waals surface area contributed by atoms with Crippen molar-refractivity contribution in [2.75, 3.05) is 24.5 Å². The van der Waals surface area contributed by atoms with Crippen LogP contribution in [0.5, 0.6) is 0 Å². The zero-order chi connectivity index (χ0) is 15.2. The van der Waals surface area contributed by atoms with Crippen LogP contribution in [0.2, 0.25) is 0 Å². The SMILES string of the molecule is CCNC(CC)c1ccc(N2CCCC(C(N)=O)C2)cc1. The lowest BCUT2D eigenvalue weighted by Gasteiger charge is -2.33. The predicted molar refractivity (Wildman–Crippen MR) is 87.3 cm³/mol. The van der Waals surface area contributed by atoms with Crippen LogP contribution in [0.25, 0.3) is 0 Å². The van der Waals surface area contributed by atoms with E-state index < -0.39 is 0 Å². The Morgan fingerprint density at radius 3 is 2.67 bits per heavy atom. The van der Waals surface area contributed by atoms with Crippen LogP contribution in [0.3, 0.4) is 0 Å². The molecule has 1 aliphatic rings. The molecule has 4 nitrogen and oxygen atoms in total. The average Bonchev–Trinajstić information content (AvgIpc) is 2.53. The van der Waals surface area contributed by atoms with Crippen molar-refractivity contribution < 1.29 is 4.79 Å². The average molecular weight is 289 g/mol. The van der Waals surface area contributed by atoms with E-state index in [-0.39, 0.29) is 11.8 Å². The standard InChI is InChI=1S/C17H27N3O/c1-3-16(19-4-2)13-7-9-15(10-8-13)20-11-5-6-14(12-20)17(18)21/h7-10,14,16,19H,3-6,11-12H2,1-2H3,(H2,18,21). The molecule has 1 fully saturated rings. The van der Waals surface area contributed by atoms with Crippen LogP contribution in [-0.4, -0.2) is 25.5 Å². The first-order valence-corrected chi connectivity index (χ1v) is 8.03. The van der Waals surface area contributed by atoms with Gasteiger partial charge in [-0.2, -0.15) is 0 Å². The number of carbonyl (C=O) groups excluding carboxylic acids is 1. The number of nitrogens with two attached hydrogens (primary N) is 1. The zero-order valence-corrected chi connectivity index (χ0v) is 13.1. The molecular formula is C17H27N3O. The van der Waals surface area contributed by atoms with E-state index in [9.17, 15) is 4.79 Å². The van der Waals surface area contributed by atoms with Crippen molar-refractivity contribution in [2.45, 2.75) is 39.2 Å². The molecule has 1 aromatic rings. The first kappa shape index (κ1) is 15.8. The zero-order valence-electron chi connectivity index (χ0n) is 13.1. The van der Waals surface area contributed by atoms with Crippen LogP contribution >= 0.6 is 0 Å². The van der Waals surface area contributed by atoms with Gasteiger partial charge in [-0.05, 0) is 43.5 Å². The van der Waals surface area contributed by atoms with Crippen molar-refractivity contribution in [3.05, 3.63) is 29.8 Å². The molecule has 1 aromatic carbocycles. The molecule has 2 rings (SSSR count). The molecule has 116 valence electrons. The highest BCUT2D eigenvalue weighted by Crippen LogP contribution is 2.25. The number of nitrogens with zero attached hydrogens (tertiary/aromatic N) is 1. The van der Waals surface area contributed by atoms with Gasteiger partial charge in [0.25, 0.3) is 0 Å². The summed E-state index contributed by atoms with van der Waals surface area (Å²) in [6.45, 7) is 7.07. The van der Waals surface area contributed by atoms with Crippen LogP contribution in [-0.2, 0) is 4.79 Å². The summed E-state index contributed by atoms with van der Waals surface area (Å²) < 4.78 is 0. The van der Waals surface area contributed by atoms with Crippen LogP contribution in [0.15, 0.2) is 24.3 Å². The number of benzene rings is 1. The molecule has 0 radical (unpaired) electrons. The van der Waals surface area contributed by atoms with Crippen LogP contribution in [0.1, 0.15) is 44.7 Å². The fraction of sp³-hybridized carbons (Fsp3) is 0.588. The minimum Gasteiger partial charge on any atom is -0.371 e. The number of primary amides is 1. The fourth-order valence-electron chi connectivity index (χ4n) is 3.11. The molecule has 1 amide bonds. The van der Waals surface area contributed by atoms with Gasteiger partial charge in [-0.25, -0.2) is 0 Å². The van der Waals surface area contributed by atoms with Gasteiger partial charge in [0.1, 0.15) is 0 Å². The Labute approximate surface area is 127 Å². The van der Waals surface area contributed by atoms with Gasteiger partial charge in [0.05, 0.1) is 5.92 Å². The summed E-state index contributed by atoms with van der Waals surface area (Å²) in [5.74, 6) is -0.182. The summed E-state index contributed by atoms with van der Waals surface area (Å²) in [6, 6.07) is 9.14. The maximum absolute atomic E-state index is 11.4. The third kappa shape index (κ3) is 3.97. The molecule has 4 heteroatoms. The van der Waals surface area contributed by atoms with Crippen molar-refractivity contribution in [1.82, 2.24) is 5.32 Å². The maximum Gasteiger partial charge on any atom is 0.222 e. The summed E-state index contributed by atoms with van der Waals surface area (Å²) in [7, 11) is 0. The molecule has 3 N–H and O–H groups in total. The fourth-order valence-corrected chi connectivity index (χ4v) is 3.11. The van der Waals surface area contributed by atoms with E-state index in [0.717, 1.165) is 38.9 Å². The molecular weight excluding hydrogens is 262 g/mol. The molecule has 21 heavy (non-hydrogen) atoms. The largest absolute Gasteiger partial charge is 0.371 e. The van der Waals surface area contributed by atoms with Crippen molar-refractivity contribution in [3.8, 4) is 0 Å². The van der Waals surface area contributed by atoms with Crippen molar-refractivity contribution in [1.29, 1.82) is 0 Å². The van der Waals surface area contributed by atoms with E-state index in [0.29, 0.717) is 6.04 Å². The number of carbonyl (C=O) groups is 1. The molecule has 2 atom stereocenters. The molecule has 1 aliphatic heterocycles. The summed E-state index contributed by atoms with van der Waals surface area (Å²) >= 11 is 0. The van der Waals surface area contributed by atoms with Gasteiger partial charge >= 0.3 is 0 Å². The summed E-state index contributed by atoms with van der Waals surface area (Å²) in [5, 5.41) is 3.49. The molecule has 0 aliphatic carbocycles. The van der Waals surface area contributed by atoms with Crippen LogP contribution in [0.4, 0.5) is 5.69 Å². The van der Waals surface area contributed by atoms with Crippen molar-refractivity contribution in [2.24, 2.45) is 11.7 Å². The van der Waals surface area contributed by atoms with E-state index in [1.165, 1.54) is 11.3 Å². The van der Waals surface area contributed by atoms with Gasteiger partial charge in [0.2, 0.25) is 5.91 Å². The minimum absolute atomic E-state index is 0.0106. The normalized spacial score (nSPS) is 20.3. The Morgan fingerprint density at radius 1 is 1.38 bits per heavy atom. The Hall–Kier alpha value is -1.55. The number of nitrogens with one attached hydrogen (secondary N) is 1. The second-order valence-electron chi connectivity index (χ2n) is 5.80. The first-order valence-electron chi connectivity index (χ1n) is 8.03. The Kier molecular flexibility index (Phi) is 5.62. The molecule has 0 bridgehead atoms.